The molecule has 0 aromatic heterocycles. The minimum atomic E-state index is -0.563. The van der Waals surface area contributed by atoms with Crippen LogP contribution in [0.2, 0.25) is 0 Å². The van der Waals surface area contributed by atoms with Gasteiger partial charge in [-0.2, -0.15) is 0 Å². The fourth-order valence-corrected chi connectivity index (χ4v) is 1.85. The second-order valence-corrected chi connectivity index (χ2v) is 6.06. The van der Waals surface area contributed by atoms with Crippen LogP contribution in [0.1, 0.15) is 47.0 Å². The maximum Gasteiger partial charge on any atom is 0.317 e. The van der Waals surface area contributed by atoms with Gasteiger partial charge in [0.2, 0.25) is 0 Å². The quantitative estimate of drug-likeness (QED) is 0.560. The lowest BCUT2D eigenvalue weighted by atomic mass is 9.86. The Morgan fingerprint density at radius 2 is 1.74 bits per heavy atom. The fraction of sp³-hybridized carbons (Fsp3) is 0.714. The van der Waals surface area contributed by atoms with E-state index in [9.17, 15) is 19.2 Å². The van der Waals surface area contributed by atoms with Crippen molar-refractivity contribution in [3.8, 4) is 0 Å². The molecule has 0 bridgehead atoms. The molecule has 0 amide bonds. The van der Waals surface area contributed by atoms with Crippen LogP contribution in [-0.4, -0.2) is 23.5 Å². The Balaban J connectivity index is 2.45. The number of esters is 2. The van der Waals surface area contributed by atoms with Gasteiger partial charge in [0.15, 0.2) is 0 Å². The van der Waals surface area contributed by atoms with Gasteiger partial charge in [0.1, 0.15) is 11.6 Å². The second-order valence-electron chi connectivity index (χ2n) is 6.06. The van der Waals surface area contributed by atoms with E-state index in [0.29, 0.717) is 0 Å². The van der Waals surface area contributed by atoms with Crippen LogP contribution in [0.25, 0.3) is 0 Å². The van der Waals surface area contributed by atoms with Crippen molar-refractivity contribution in [3.63, 3.8) is 0 Å². The lowest BCUT2D eigenvalue weighted by Gasteiger charge is -2.16. The van der Waals surface area contributed by atoms with Gasteiger partial charge in [-0.05, 0) is 6.42 Å². The van der Waals surface area contributed by atoms with E-state index in [4.69, 9.17) is 0 Å². The van der Waals surface area contributed by atoms with Gasteiger partial charge < -0.3 is 4.74 Å². The number of hydrogen-bond acceptors (Lipinski definition) is 5. The molecule has 1 aliphatic rings. The zero-order valence-electron chi connectivity index (χ0n) is 11.8. The van der Waals surface area contributed by atoms with Crippen molar-refractivity contribution in [3.05, 3.63) is 0 Å². The van der Waals surface area contributed by atoms with Gasteiger partial charge in [-0.1, -0.05) is 27.7 Å². The van der Waals surface area contributed by atoms with E-state index in [-0.39, 0.29) is 30.8 Å². The minimum absolute atomic E-state index is 0.115. The molecule has 0 aliphatic carbocycles. The minimum Gasteiger partial charge on any atom is -0.393 e. The highest BCUT2D eigenvalue weighted by atomic mass is 16.6. The molecule has 0 N–H and O–H groups in total. The largest absolute Gasteiger partial charge is 0.393 e. The third-order valence-electron chi connectivity index (χ3n) is 3.41. The van der Waals surface area contributed by atoms with Gasteiger partial charge in [0, 0.05) is 11.8 Å². The van der Waals surface area contributed by atoms with E-state index >= 15 is 0 Å². The summed E-state index contributed by atoms with van der Waals surface area (Å²) in [7, 11) is 0. The van der Waals surface area contributed by atoms with Crippen molar-refractivity contribution in [2.24, 2.45) is 17.3 Å². The molecule has 2 atom stereocenters. The Morgan fingerprint density at radius 3 is 2.16 bits per heavy atom. The number of rotatable bonds is 5. The number of carbonyl (C=O) groups excluding carboxylic acids is 4. The van der Waals surface area contributed by atoms with E-state index in [0.717, 1.165) is 0 Å². The predicted molar refractivity (Wildman–Crippen MR) is 67.1 cm³/mol. The molecular weight excluding hydrogens is 248 g/mol. The topological polar surface area (TPSA) is 77.5 Å². The highest BCUT2D eigenvalue weighted by Crippen LogP contribution is 2.27. The summed E-state index contributed by atoms with van der Waals surface area (Å²) in [6.45, 7) is 6.90. The van der Waals surface area contributed by atoms with Crippen molar-refractivity contribution in [1.29, 1.82) is 0 Å². The van der Waals surface area contributed by atoms with E-state index in [1.54, 1.807) is 27.7 Å². The van der Waals surface area contributed by atoms with E-state index in [2.05, 4.69) is 4.74 Å². The van der Waals surface area contributed by atoms with Crippen LogP contribution >= 0.6 is 0 Å². The number of carbonyl (C=O) groups is 4. The summed E-state index contributed by atoms with van der Waals surface area (Å²) < 4.78 is 4.50. The van der Waals surface area contributed by atoms with E-state index in [1.165, 1.54) is 0 Å². The zero-order chi connectivity index (χ0) is 14.8. The SMILES string of the molecule is CC1C(=O)OC(=O)C1CCC(=O)CC(=O)C(C)(C)C. The first-order valence-electron chi connectivity index (χ1n) is 6.43. The first-order valence-corrected chi connectivity index (χ1v) is 6.43. The molecule has 5 heteroatoms. The summed E-state index contributed by atoms with van der Waals surface area (Å²) >= 11 is 0. The molecule has 0 aromatic carbocycles. The number of Topliss-reactive ketones (excluding diaryl/α,β-unsaturated/α-hetero) is 2. The number of cyclic esters (lactones) is 2. The predicted octanol–water partition coefficient (Wildman–Crippen LogP) is 1.68. The highest BCUT2D eigenvalue weighted by molar-refractivity contribution is 6.01. The van der Waals surface area contributed by atoms with Crippen LogP contribution in [0.3, 0.4) is 0 Å². The molecule has 5 nitrogen and oxygen atoms in total. The third kappa shape index (κ3) is 3.98. The summed E-state index contributed by atoms with van der Waals surface area (Å²) in [5, 5.41) is 0. The van der Waals surface area contributed by atoms with Crippen molar-refractivity contribution < 1.29 is 23.9 Å². The molecule has 1 aliphatic heterocycles. The molecule has 1 rings (SSSR count). The molecule has 1 fully saturated rings. The van der Waals surface area contributed by atoms with Gasteiger partial charge >= 0.3 is 11.9 Å². The Labute approximate surface area is 112 Å². The molecule has 1 saturated heterocycles. The standard InChI is InChI=1S/C14H20O5/c1-8-10(13(18)19-12(8)17)6-5-9(15)7-11(16)14(2,3)4/h8,10H,5-7H2,1-4H3. The Morgan fingerprint density at radius 1 is 1.16 bits per heavy atom. The first kappa shape index (κ1) is 15.5. The maximum absolute atomic E-state index is 11.7. The first-order chi connectivity index (χ1) is 8.62. The van der Waals surface area contributed by atoms with Gasteiger partial charge in [-0.15, -0.1) is 0 Å². The van der Waals surface area contributed by atoms with Crippen LogP contribution in [0, 0.1) is 17.3 Å². The van der Waals surface area contributed by atoms with Crippen LogP contribution in [0.5, 0.6) is 0 Å². The summed E-state index contributed by atoms with van der Waals surface area (Å²) in [4.78, 5) is 45.9. The Hall–Kier alpha value is -1.52. The van der Waals surface area contributed by atoms with Crippen molar-refractivity contribution >= 4 is 23.5 Å². The molecule has 0 spiro atoms. The summed E-state index contributed by atoms with van der Waals surface area (Å²) in [5.41, 5.74) is -0.537. The van der Waals surface area contributed by atoms with Crippen LogP contribution in [0.15, 0.2) is 0 Å². The average molecular weight is 268 g/mol. The molecule has 0 radical (unpaired) electrons. The van der Waals surface area contributed by atoms with Crippen LogP contribution in [0.4, 0.5) is 0 Å². The molecular formula is C14H20O5. The fourth-order valence-electron chi connectivity index (χ4n) is 1.85. The summed E-state index contributed by atoms with van der Waals surface area (Å²) in [5.74, 6) is -2.46. The highest BCUT2D eigenvalue weighted by Gasteiger charge is 2.41. The number of hydrogen-bond donors (Lipinski definition) is 0. The van der Waals surface area contributed by atoms with E-state index in [1.807, 2.05) is 0 Å². The maximum atomic E-state index is 11.7. The molecule has 106 valence electrons. The average Bonchev–Trinajstić information content (AvgIpc) is 2.49. The normalized spacial score (nSPS) is 23.4. The number of ether oxygens (including phenoxy) is 1. The lowest BCUT2D eigenvalue weighted by Crippen LogP contribution is -2.24. The molecule has 0 aromatic rings. The van der Waals surface area contributed by atoms with E-state index < -0.39 is 29.2 Å². The zero-order valence-corrected chi connectivity index (χ0v) is 11.8. The Kier molecular flexibility index (Phi) is 4.61. The summed E-state index contributed by atoms with van der Waals surface area (Å²) in [6, 6.07) is 0. The third-order valence-corrected chi connectivity index (χ3v) is 3.41. The lowest BCUT2D eigenvalue weighted by molar-refractivity contribution is -0.153. The van der Waals surface area contributed by atoms with Crippen molar-refractivity contribution in [2.75, 3.05) is 0 Å². The van der Waals surface area contributed by atoms with Gasteiger partial charge in [-0.25, -0.2) is 0 Å². The van der Waals surface area contributed by atoms with Gasteiger partial charge in [0.25, 0.3) is 0 Å². The summed E-state index contributed by atoms with van der Waals surface area (Å²) in [6.07, 6.45) is 0.273. The number of ketones is 2. The monoisotopic (exact) mass is 268 g/mol. The van der Waals surface area contributed by atoms with Crippen molar-refractivity contribution in [2.45, 2.75) is 47.0 Å². The van der Waals surface area contributed by atoms with Gasteiger partial charge in [-0.3, -0.25) is 19.2 Å². The van der Waals surface area contributed by atoms with Crippen molar-refractivity contribution in [1.82, 2.24) is 0 Å². The Bertz CT molecular complexity index is 416. The molecule has 1 heterocycles. The molecule has 0 saturated carbocycles. The van der Waals surface area contributed by atoms with Crippen LogP contribution < -0.4 is 0 Å². The van der Waals surface area contributed by atoms with Gasteiger partial charge in [0.05, 0.1) is 18.3 Å². The van der Waals surface area contributed by atoms with Crippen LogP contribution in [-0.2, 0) is 23.9 Å². The molecule has 19 heavy (non-hydrogen) atoms. The molecule has 2 unspecified atom stereocenters. The second kappa shape index (κ2) is 5.63. The smallest absolute Gasteiger partial charge is 0.317 e.